The van der Waals surface area contributed by atoms with Crippen molar-refractivity contribution in [3.05, 3.63) is 29.8 Å². The van der Waals surface area contributed by atoms with Gasteiger partial charge in [-0.05, 0) is 43.5 Å². The molecule has 2 rings (SSSR count). The van der Waals surface area contributed by atoms with Crippen molar-refractivity contribution in [3.8, 4) is 6.07 Å². The molecule has 5 nitrogen and oxygen atoms in total. The van der Waals surface area contributed by atoms with Crippen molar-refractivity contribution < 1.29 is 9.53 Å². The number of amides is 1. The number of nitrogens with two attached hydrogens (primary N) is 1. The highest BCUT2D eigenvalue weighted by molar-refractivity contribution is 5.84. The predicted octanol–water partition coefficient (Wildman–Crippen LogP) is 1.84. The van der Waals surface area contributed by atoms with Gasteiger partial charge in [0.05, 0.1) is 11.6 Å². The molecular formula is C13H15N3O2. The maximum absolute atomic E-state index is 11.6. The van der Waals surface area contributed by atoms with E-state index in [1.54, 1.807) is 24.3 Å². The number of rotatable bonds is 3. The predicted molar refractivity (Wildman–Crippen MR) is 66.8 cm³/mol. The first-order chi connectivity index (χ1) is 8.71. The van der Waals surface area contributed by atoms with E-state index in [0.29, 0.717) is 23.7 Å². The van der Waals surface area contributed by atoms with Crippen molar-refractivity contribution in [1.29, 1.82) is 5.26 Å². The summed E-state index contributed by atoms with van der Waals surface area (Å²) in [7, 11) is 0. The van der Waals surface area contributed by atoms with Crippen LogP contribution in [0.1, 0.15) is 18.4 Å². The molecule has 3 N–H and O–H groups in total. The molecule has 0 saturated heterocycles. The van der Waals surface area contributed by atoms with Gasteiger partial charge in [0, 0.05) is 5.69 Å². The van der Waals surface area contributed by atoms with Gasteiger partial charge in [-0.25, -0.2) is 4.79 Å². The Labute approximate surface area is 106 Å². The van der Waals surface area contributed by atoms with Crippen LogP contribution in [0.25, 0.3) is 0 Å². The third kappa shape index (κ3) is 2.99. The lowest BCUT2D eigenvalue weighted by Crippen LogP contribution is -2.38. The van der Waals surface area contributed by atoms with Crippen LogP contribution in [0.4, 0.5) is 10.5 Å². The number of nitriles is 1. The van der Waals surface area contributed by atoms with Gasteiger partial charge in [0.15, 0.2) is 0 Å². The zero-order valence-electron chi connectivity index (χ0n) is 9.93. The monoisotopic (exact) mass is 245 g/mol. The standard InChI is InChI=1S/C13H15N3O2/c14-7-9-2-1-3-11(4-9)16-13(17)18-12-5-10(6-12)8-15/h1-4,10,12H,5-6,8,15H2,(H,16,17). The normalized spacial score (nSPS) is 21.6. The molecular weight excluding hydrogens is 230 g/mol. The fourth-order valence-electron chi connectivity index (χ4n) is 1.93. The first-order valence-corrected chi connectivity index (χ1v) is 5.89. The SMILES string of the molecule is N#Cc1cccc(NC(=O)OC2CC(CN)C2)c1. The summed E-state index contributed by atoms with van der Waals surface area (Å²) in [6, 6.07) is 8.71. The van der Waals surface area contributed by atoms with Crippen molar-refractivity contribution in [2.24, 2.45) is 11.7 Å². The van der Waals surface area contributed by atoms with Crippen LogP contribution >= 0.6 is 0 Å². The van der Waals surface area contributed by atoms with Crippen LogP contribution in [-0.4, -0.2) is 18.7 Å². The second kappa shape index (κ2) is 5.52. The Morgan fingerprint density at radius 2 is 2.33 bits per heavy atom. The van der Waals surface area contributed by atoms with Gasteiger partial charge >= 0.3 is 6.09 Å². The summed E-state index contributed by atoms with van der Waals surface area (Å²) in [4.78, 5) is 11.6. The molecule has 0 atom stereocenters. The molecule has 1 aromatic rings. The van der Waals surface area contributed by atoms with Crippen molar-refractivity contribution in [1.82, 2.24) is 0 Å². The number of nitrogens with zero attached hydrogens (tertiary/aromatic N) is 1. The first-order valence-electron chi connectivity index (χ1n) is 5.89. The smallest absolute Gasteiger partial charge is 0.411 e. The highest BCUT2D eigenvalue weighted by Crippen LogP contribution is 2.29. The number of nitrogens with one attached hydrogen (secondary N) is 1. The minimum absolute atomic E-state index is 0.0299. The van der Waals surface area contributed by atoms with E-state index in [2.05, 4.69) is 5.32 Å². The molecule has 1 aliphatic carbocycles. The molecule has 0 aromatic heterocycles. The summed E-state index contributed by atoms with van der Waals surface area (Å²) < 4.78 is 5.21. The second-order valence-corrected chi connectivity index (χ2v) is 4.42. The number of benzene rings is 1. The van der Waals surface area contributed by atoms with Crippen molar-refractivity contribution in [2.75, 3.05) is 11.9 Å². The molecule has 0 bridgehead atoms. The Bertz CT molecular complexity index is 475. The fourth-order valence-corrected chi connectivity index (χ4v) is 1.93. The maximum Gasteiger partial charge on any atom is 0.411 e. The summed E-state index contributed by atoms with van der Waals surface area (Å²) in [5, 5.41) is 11.3. The number of ether oxygens (including phenoxy) is 1. The topological polar surface area (TPSA) is 88.1 Å². The summed E-state index contributed by atoms with van der Waals surface area (Å²) in [6.07, 6.45) is 1.16. The largest absolute Gasteiger partial charge is 0.446 e. The molecule has 0 heterocycles. The Kier molecular flexibility index (Phi) is 3.80. The van der Waals surface area contributed by atoms with Gasteiger partial charge in [0.25, 0.3) is 0 Å². The zero-order chi connectivity index (χ0) is 13.0. The molecule has 0 aliphatic heterocycles. The van der Waals surface area contributed by atoms with E-state index in [0.717, 1.165) is 12.8 Å². The zero-order valence-corrected chi connectivity index (χ0v) is 9.93. The maximum atomic E-state index is 11.6. The number of hydrogen-bond donors (Lipinski definition) is 2. The third-order valence-corrected chi connectivity index (χ3v) is 3.04. The quantitative estimate of drug-likeness (QED) is 0.850. The molecule has 94 valence electrons. The Balaban J connectivity index is 1.82. The molecule has 1 fully saturated rings. The minimum Gasteiger partial charge on any atom is -0.446 e. The van der Waals surface area contributed by atoms with E-state index in [1.165, 1.54) is 0 Å². The highest BCUT2D eigenvalue weighted by Gasteiger charge is 2.30. The van der Waals surface area contributed by atoms with Crippen LogP contribution in [0.3, 0.4) is 0 Å². The van der Waals surface area contributed by atoms with E-state index in [4.69, 9.17) is 15.7 Å². The lowest BCUT2D eigenvalue weighted by molar-refractivity contribution is 0.0278. The third-order valence-electron chi connectivity index (χ3n) is 3.04. The van der Waals surface area contributed by atoms with Crippen LogP contribution in [0.15, 0.2) is 24.3 Å². The van der Waals surface area contributed by atoms with E-state index in [9.17, 15) is 4.79 Å². The summed E-state index contributed by atoms with van der Waals surface area (Å²) in [5.74, 6) is 0.477. The summed E-state index contributed by atoms with van der Waals surface area (Å²) in [5.41, 5.74) is 6.56. The molecule has 5 heteroatoms. The fraction of sp³-hybridized carbons (Fsp3) is 0.385. The number of anilines is 1. The number of carbonyl (C=O) groups excluding carboxylic acids is 1. The Morgan fingerprint density at radius 3 is 3.00 bits per heavy atom. The minimum atomic E-state index is -0.481. The number of carbonyl (C=O) groups is 1. The van der Waals surface area contributed by atoms with Crippen molar-refractivity contribution in [3.63, 3.8) is 0 Å². The molecule has 0 unspecified atom stereocenters. The Hall–Kier alpha value is -2.06. The van der Waals surface area contributed by atoms with Gasteiger partial charge in [0.2, 0.25) is 0 Å². The van der Waals surface area contributed by atoms with Crippen LogP contribution < -0.4 is 11.1 Å². The lowest BCUT2D eigenvalue weighted by atomic mass is 9.82. The summed E-state index contributed by atoms with van der Waals surface area (Å²) >= 11 is 0. The van der Waals surface area contributed by atoms with Gasteiger partial charge in [-0.3, -0.25) is 5.32 Å². The molecule has 1 aromatic carbocycles. The van der Waals surface area contributed by atoms with E-state index >= 15 is 0 Å². The Morgan fingerprint density at radius 1 is 1.56 bits per heavy atom. The van der Waals surface area contributed by atoms with Gasteiger partial charge < -0.3 is 10.5 Å². The van der Waals surface area contributed by atoms with Gasteiger partial charge in [-0.2, -0.15) is 5.26 Å². The number of hydrogen-bond acceptors (Lipinski definition) is 4. The molecule has 1 saturated carbocycles. The average Bonchev–Trinajstić information content (AvgIpc) is 2.33. The van der Waals surface area contributed by atoms with Crippen LogP contribution in [-0.2, 0) is 4.74 Å². The first kappa shape index (κ1) is 12.4. The van der Waals surface area contributed by atoms with E-state index in [1.807, 2.05) is 6.07 Å². The molecule has 1 amide bonds. The van der Waals surface area contributed by atoms with Crippen LogP contribution in [0, 0.1) is 17.2 Å². The average molecular weight is 245 g/mol. The molecule has 0 radical (unpaired) electrons. The highest BCUT2D eigenvalue weighted by atomic mass is 16.6. The molecule has 0 spiro atoms. The lowest BCUT2D eigenvalue weighted by Gasteiger charge is -2.33. The van der Waals surface area contributed by atoms with Crippen molar-refractivity contribution >= 4 is 11.8 Å². The molecule has 18 heavy (non-hydrogen) atoms. The van der Waals surface area contributed by atoms with Gasteiger partial charge in [-0.15, -0.1) is 0 Å². The van der Waals surface area contributed by atoms with Gasteiger partial charge in [0.1, 0.15) is 6.10 Å². The van der Waals surface area contributed by atoms with Crippen molar-refractivity contribution in [2.45, 2.75) is 18.9 Å². The van der Waals surface area contributed by atoms with Gasteiger partial charge in [-0.1, -0.05) is 6.07 Å². The second-order valence-electron chi connectivity index (χ2n) is 4.42. The van der Waals surface area contributed by atoms with Crippen LogP contribution in [0.5, 0.6) is 0 Å². The van der Waals surface area contributed by atoms with E-state index in [-0.39, 0.29) is 6.10 Å². The van der Waals surface area contributed by atoms with Crippen LogP contribution in [0.2, 0.25) is 0 Å². The van der Waals surface area contributed by atoms with E-state index < -0.39 is 6.09 Å². The molecule has 1 aliphatic rings. The summed E-state index contributed by atoms with van der Waals surface area (Å²) in [6.45, 7) is 0.645.